The number of ether oxygens (including phenoxy) is 1. The zero-order valence-corrected chi connectivity index (χ0v) is 11.9. The molecular formula is C13H22NO5+. The van der Waals surface area contributed by atoms with E-state index < -0.39 is 17.5 Å². The zero-order valence-electron chi connectivity index (χ0n) is 11.9. The van der Waals surface area contributed by atoms with Crippen LogP contribution in [-0.2, 0) is 19.1 Å². The zero-order chi connectivity index (χ0) is 15.1. The van der Waals surface area contributed by atoms with E-state index in [0.29, 0.717) is 17.3 Å². The van der Waals surface area contributed by atoms with Crippen molar-refractivity contribution in [3.05, 3.63) is 12.2 Å². The predicted molar refractivity (Wildman–Crippen MR) is 69.5 cm³/mol. The molecule has 0 aliphatic heterocycles. The first-order valence-electron chi connectivity index (χ1n) is 5.93. The Kier molecular flexibility index (Phi) is 6.41. The van der Waals surface area contributed by atoms with E-state index in [-0.39, 0.29) is 12.8 Å². The van der Waals surface area contributed by atoms with Crippen molar-refractivity contribution in [2.45, 2.75) is 25.4 Å². The number of aldehydes is 1. The van der Waals surface area contributed by atoms with Crippen LogP contribution < -0.4 is 0 Å². The Balaban J connectivity index is 4.80. The number of carboxylic acids is 1. The van der Waals surface area contributed by atoms with Gasteiger partial charge in [0.2, 0.25) is 0 Å². The van der Waals surface area contributed by atoms with Crippen LogP contribution >= 0.6 is 0 Å². The number of likely N-dealkylation sites (N-methyl/N-ethyl adjacent to an activating group) is 1. The quantitative estimate of drug-likeness (QED) is 0.303. The Morgan fingerprint density at radius 2 is 1.89 bits per heavy atom. The highest BCUT2D eigenvalue weighted by atomic mass is 16.6. The van der Waals surface area contributed by atoms with Crippen LogP contribution in [0.3, 0.4) is 0 Å². The van der Waals surface area contributed by atoms with E-state index in [4.69, 9.17) is 9.84 Å². The van der Waals surface area contributed by atoms with Crippen LogP contribution in [0.2, 0.25) is 0 Å². The van der Waals surface area contributed by atoms with E-state index >= 15 is 0 Å². The maximum atomic E-state index is 11.6. The van der Waals surface area contributed by atoms with Crippen molar-refractivity contribution in [2.75, 3.05) is 27.7 Å². The lowest BCUT2D eigenvalue weighted by Gasteiger charge is -2.35. The molecule has 108 valence electrons. The number of hydrogen-bond acceptors (Lipinski definition) is 4. The molecule has 0 aromatic rings. The highest BCUT2D eigenvalue weighted by Crippen LogP contribution is 2.19. The van der Waals surface area contributed by atoms with Gasteiger partial charge in [-0.1, -0.05) is 6.08 Å². The van der Waals surface area contributed by atoms with Gasteiger partial charge in [-0.05, 0) is 6.92 Å². The molecule has 6 nitrogen and oxygen atoms in total. The van der Waals surface area contributed by atoms with Gasteiger partial charge >= 0.3 is 11.9 Å². The average molecular weight is 272 g/mol. The third-order valence-corrected chi connectivity index (χ3v) is 2.17. The molecule has 0 spiro atoms. The topological polar surface area (TPSA) is 80.7 Å². The van der Waals surface area contributed by atoms with Gasteiger partial charge in [-0.15, -0.1) is 0 Å². The molecule has 19 heavy (non-hydrogen) atoms. The van der Waals surface area contributed by atoms with Crippen LogP contribution in [-0.4, -0.2) is 61.1 Å². The molecule has 0 bridgehead atoms. The van der Waals surface area contributed by atoms with Gasteiger partial charge in [0.15, 0.2) is 5.60 Å². The standard InChI is InChI=1S/C13H21NO5/c1-13(9-11(16)17,10-14(2,3)4)19-12(18)7-5-6-8-15/h5,7-8H,6,9-10H2,1-4H3/p+1. The van der Waals surface area contributed by atoms with E-state index in [1.165, 1.54) is 6.08 Å². The fourth-order valence-corrected chi connectivity index (χ4v) is 1.94. The van der Waals surface area contributed by atoms with E-state index in [0.717, 1.165) is 6.08 Å². The van der Waals surface area contributed by atoms with Crippen molar-refractivity contribution in [2.24, 2.45) is 0 Å². The molecule has 0 aromatic carbocycles. The summed E-state index contributed by atoms with van der Waals surface area (Å²) in [5.41, 5.74) is -1.09. The largest absolute Gasteiger partial charge is 0.481 e. The summed E-state index contributed by atoms with van der Waals surface area (Å²) in [4.78, 5) is 32.6. The molecule has 0 saturated carbocycles. The minimum absolute atomic E-state index is 0.125. The lowest BCUT2D eigenvalue weighted by atomic mass is 10.0. The van der Waals surface area contributed by atoms with E-state index in [1.807, 2.05) is 21.1 Å². The van der Waals surface area contributed by atoms with Crippen molar-refractivity contribution in [1.82, 2.24) is 0 Å². The number of carboxylic acid groups (broad SMARTS) is 1. The number of hydrogen-bond donors (Lipinski definition) is 1. The van der Waals surface area contributed by atoms with E-state index in [2.05, 4.69) is 0 Å². The molecule has 0 saturated heterocycles. The summed E-state index contributed by atoms with van der Waals surface area (Å²) in [5, 5.41) is 8.91. The molecule has 0 aliphatic carbocycles. The van der Waals surface area contributed by atoms with Gasteiger partial charge in [-0.2, -0.15) is 0 Å². The Hall–Kier alpha value is -1.69. The van der Waals surface area contributed by atoms with Gasteiger partial charge < -0.3 is 19.1 Å². The van der Waals surface area contributed by atoms with Crippen LogP contribution in [0.15, 0.2) is 12.2 Å². The smallest absolute Gasteiger partial charge is 0.331 e. The van der Waals surface area contributed by atoms with Crippen LogP contribution in [0.4, 0.5) is 0 Å². The summed E-state index contributed by atoms with van der Waals surface area (Å²) in [7, 11) is 5.66. The van der Waals surface area contributed by atoms with Gasteiger partial charge in [0.05, 0.1) is 27.6 Å². The van der Waals surface area contributed by atoms with Crippen molar-refractivity contribution >= 4 is 18.2 Å². The van der Waals surface area contributed by atoms with Crippen molar-refractivity contribution in [3.63, 3.8) is 0 Å². The Morgan fingerprint density at radius 1 is 1.32 bits per heavy atom. The second-order valence-corrected chi connectivity index (χ2v) is 5.69. The van der Waals surface area contributed by atoms with Crippen LogP contribution in [0.1, 0.15) is 19.8 Å². The van der Waals surface area contributed by atoms with E-state index in [1.54, 1.807) is 6.92 Å². The second kappa shape index (κ2) is 7.04. The van der Waals surface area contributed by atoms with Gasteiger partial charge in [-0.3, -0.25) is 4.79 Å². The maximum absolute atomic E-state index is 11.6. The number of rotatable bonds is 8. The average Bonchev–Trinajstić information content (AvgIpc) is 2.11. The molecule has 1 N–H and O–H groups in total. The lowest BCUT2D eigenvalue weighted by molar-refractivity contribution is -0.876. The summed E-state index contributed by atoms with van der Waals surface area (Å²) in [6.07, 6.45) is 3.04. The molecular weight excluding hydrogens is 250 g/mol. The number of quaternary nitrogens is 1. The van der Waals surface area contributed by atoms with Gasteiger partial charge in [0.1, 0.15) is 12.8 Å². The highest BCUT2D eigenvalue weighted by molar-refractivity contribution is 5.83. The monoisotopic (exact) mass is 272 g/mol. The number of carbonyl (C=O) groups excluding carboxylic acids is 2. The van der Waals surface area contributed by atoms with Crippen LogP contribution in [0, 0.1) is 0 Å². The molecule has 0 amide bonds. The summed E-state index contributed by atoms with van der Waals surface area (Å²) in [6, 6.07) is 0. The Bertz CT molecular complexity index is 370. The minimum atomic E-state index is -1.09. The first-order valence-corrected chi connectivity index (χ1v) is 5.93. The Morgan fingerprint density at radius 3 is 2.32 bits per heavy atom. The van der Waals surface area contributed by atoms with Gasteiger partial charge in [-0.25, -0.2) is 4.79 Å². The highest BCUT2D eigenvalue weighted by Gasteiger charge is 2.37. The summed E-state index contributed by atoms with van der Waals surface area (Å²) in [6.45, 7) is 1.96. The molecule has 0 aromatic heterocycles. The number of carbonyl (C=O) groups is 3. The molecule has 0 fully saturated rings. The predicted octanol–water partition coefficient (Wildman–Crippen LogP) is 0.614. The lowest BCUT2D eigenvalue weighted by Crippen LogP contribution is -2.50. The van der Waals surface area contributed by atoms with E-state index in [9.17, 15) is 14.4 Å². The van der Waals surface area contributed by atoms with Gasteiger partial charge in [0, 0.05) is 12.5 Å². The third-order valence-electron chi connectivity index (χ3n) is 2.17. The molecule has 0 aliphatic rings. The first kappa shape index (κ1) is 17.3. The number of allylic oxidation sites excluding steroid dienone is 1. The van der Waals surface area contributed by atoms with Crippen LogP contribution in [0.25, 0.3) is 0 Å². The fourth-order valence-electron chi connectivity index (χ4n) is 1.94. The Labute approximate surface area is 113 Å². The minimum Gasteiger partial charge on any atom is -0.481 e. The number of nitrogens with zero attached hydrogens (tertiary/aromatic N) is 1. The number of aliphatic carboxylic acids is 1. The molecule has 1 atom stereocenters. The maximum Gasteiger partial charge on any atom is 0.331 e. The molecule has 6 heteroatoms. The SMILES string of the molecule is CC(CC(=O)O)(C[N+](C)(C)C)OC(=O)C=CCC=O. The molecule has 0 radical (unpaired) electrons. The van der Waals surface area contributed by atoms with Crippen molar-refractivity contribution in [3.8, 4) is 0 Å². The third kappa shape index (κ3) is 8.96. The molecule has 0 heterocycles. The van der Waals surface area contributed by atoms with Crippen molar-refractivity contribution < 1.29 is 28.7 Å². The fraction of sp³-hybridized carbons (Fsp3) is 0.615. The van der Waals surface area contributed by atoms with Gasteiger partial charge in [0.25, 0.3) is 0 Å². The van der Waals surface area contributed by atoms with Crippen molar-refractivity contribution in [1.29, 1.82) is 0 Å². The second-order valence-electron chi connectivity index (χ2n) is 5.69. The summed E-state index contributed by atoms with van der Waals surface area (Å²) in [5.74, 6) is -1.67. The normalized spacial score (nSPS) is 14.9. The summed E-state index contributed by atoms with van der Waals surface area (Å²) >= 11 is 0. The van der Waals surface area contributed by atoms with Crippen LogP contribution in [0.5, 0.6) is 0 Å². The molecule has 0 rings (SSSR count). The first-order chi connectivity index (χ1) is 8.58. The number of esters is 1. The summed E-state index contributed by atoms with van der Waals surface area (Å²) < 4.78 is 5.70. The molecule has 1 unspecified atom stereocenters.